The third-order valence-electron chi connectivity index (χ3n) is 3.53. The van der Waals surface area contributed by atoms with E-state index in [1.165, 1.54) is 0 Å². The number of hydrogen-bond acceptors (Lipinski definition) is 3. The molecule has 1 N–H and O–H groups in total. The summed E-state index contributed by atoms with van der Waals surface area (Å²) in [6.45, 7) is 1.72. The summed E-state index contributed by atoms with van der Waals surface area (Å²) in [5.41, 5.74) is -1.45. The standard InChI is InChI=1S/C13H12F3N3OS/c1-2-6-5-8(13(14,15)16)9-10(17-6)19(7-3-4-7)12(21)18-11(9)20/h5,7H,2-4H2,1H3,(H,18,20,21). The van der Waals surface area contributed by atoms with Gasteiger partial charge in [0.1, 0.15) is 5.65 Å². The highest BCUT2D eigenvalue weighted by molar-refractivity contribution is 7.71. The Hall–Kier alpha value is -1.70. The van der Waals surface area contributed by atoms with Gasteiger partial charge in [0.2, 0.25) is 0 Å². The number of rotatable bonds is 2. The van der Waals surface area contributed by atoms with Crippen LogP contribution in [-0.4, -0.2) is 14.5 Å². The van der Waals surface area contributed by atoms with E-state index in [1.807, 2.05) is 0 Å². The highest BCUT2D eigenvalue weighted by Crippen LogP contribution is 2.39. The van der Waals surface area contributed by atoms with Crippen molar-refractivity contribution in [3.8, 4) is 0 Å². The van der Waals surface area contributed by atoms with Gasteiger partial charge >= 0.3 is 6.18 Å². The number of aromatic nitrogens is 3. The van der Waals surface area contributed by atoms with Crippen molar-refractivity contribution in [2.45, 2.75) is 38.4 Å². The first-order chi connectivity index (χ1) is 9.82. The van der Waals surface area contributed by atoms with Crippen molar-refractivity contribution < 1.29 is 13.2 Å². The molecule has 1 fully saturated rings. The summed E-state index contributed by atoms with van der Waals surface area (Å²) in [6.07, 6.45) is -2.60. The number of fused-ring (bicyclic) bond motifs is 1. The predicted octanol–water partition coefficient (Wildman–Crippen LogP) is 3.37. The first kappa shape index (κ1) is 14.2. The van der Waals surface area contributed by atoms with E-state index in [4.69, 9.17) is 12.2 Å². The summed E-state index contributed by atoms with van der Waals surface area (Å²) >= 11 is 5.09. The Morgan fingerprint density at radius 1 is 1.48 bits per heavy atom. The minimum Gasteiger partial charge on any atom is -0.299 e. The molecule has 1 saturated carbocycles. The number of aryl methyl sites for hydroxylation is 1. The molecule has 0 aromatic carbocycles. The average molecular weight is 315 g/mol. The van der Waals surface area contributed by atoms with Gasteiger partial charge in [-0.3, -0.25) is 14.3 Å². The second-order valence-electron chi connectivity index (χ2n) is 5.07. The van der Waals surface area contributed by atoms with Crippen LogP contribution in [0.2, 0.25) is 0 Å². The molecule has 0 unspecified atom stereocenters. The van der Waals surface area contributed by atoms with Crippen molar-refractivity contribution in [1.82, 2.24) is 14.5 Å². The Labute approximate surface area is 122 Å². The Kier molecular flexibility index (Phi) is 3.16. The lowest BCUT2D eigenvalue weighted by Gasteiger charge is -2.15. The van der Waals surface area contributed by atoms with E-state index in [0.717, 1.165) is 18.9 Å². The molecule has 0 atom stereocenters. The number of alkyl halides is 3. The number of H-pyrrole nitrogens is 1. The van der Waals surface area contributed by atoms with E-state index in [0.29, 0.717) is 12.1 Å². The second-order valence-corrected chi connectivity index (χ2v) is 5.46. The average Bonchev–Trinajstić information content (AvgIpc) is 3.20. The fraction of sp³-hybridized carbons (Fsp3) is 0.462. The van der Waals surface area contributed by atoms with Gasteiger partial charge in [0, 0.05) is 11.7 Å². The highest BCUT2D eigenvalue weighted by atomic mass is 32.1. The minimum absolute atomic E-state index is 0.0255. The number of hydrogen-bond donors (Lipinski definition) is 1. The Morgan fingerprint density at radius 3 is 2.67 bits per heavy atom. The van der Waals surface area contributed by atoms with Crippen molar-refractivity contribution in [2.24, 2.45) is 0 Å². The fourth-order valence-corrected chi connectivity index (χ4v) is 2.70. The molecule has 0 aliphatic heterocycles. The molecule has 0 amide bonds. The smallest absolute Gasteiger partial charge is 0.299 e. The summed E-state index contributed by atoms with van der Waals surface area (Å²) in [6, 6.07) is 0.968. The second kappa shape index (κ2) is 4.66. The first-order valence-electron chi connectivity index (χ1n) is 6.58. The van der Waals surface area contributed by atoms with Gasteiger partial charge in [0.05, 0.1) is 10.9 Å². The third kappa shape index (κ3) is 2.37. The lowest BCUT2D eigenvalue weighted by molar-refractivity contribution is -0.136. The molecule has 0 spiro atoms. The topological polar surface area (TPSA) is 50.7 Å². The summed E-state index contributed by atoms with van der Waals surface area (Å²) in [5.74, 6) is 0. The largest absolute Gasteiger partial charge is 0.417 e. The molecule has 21 heavy (non-hydrogen) atoms. The van der Waals surface area contributed by atoms with Crippen molar-refractivity contribution in [1.29, 1.82) is 0 Å². The van der Waals surface area contributed by atoms with E-state index in [2.05, 4.69) is 9.97 Å². The van der Waals surface area contributed by atoms with Gasteiger partial charge < -0.3 is 0 Å². The number of halogens is 3. The SMILES string of the molecule is CCc1cc(C(F)(F)F)c2c(=O)[nH]c(=S)n(C3CC3)c2n1. The molecule has 1 aliphatic carbocycles. The van der Waals surface area contributed by atoms with Gasteiger partial charge in [0.25, 0.3) is 5.56 Å². The van der Waals surface area contributed by atoms with Crippen molar-refractivity contribution >= 4 is 23.3 Å². The van der Waals surface area contributed by atoms with Gasteiger partial charge in [-0.05, 0) is 37.5 Å². The van der Waals surface area contributed by atoms with Crippen LogP contribution in [0.15, 0.2) is 10.9 Å². The predicted molar refractivity (Wildman–Crippen MR) is 73.8 cm³/mol. The zero-order chi connectivity index (χ0) is 15.4. The maximum absolute atomic E-state index is 13.2. The molecule has 0 radical (unpaired) electrons. The molecule has 2 heterocycles. The van der Waals surface area contributed by atoms with E-state index < -0.39 is 22.7 Å². The quantitative estimate of drug-likeness (QED) is 0.865. The van der Waals surface area contributed by atoms with Gasteiger partial charge in [-0.1, -0.05) is 6.92 Å². The monoisotopic (exact) mass is 315 g/mol. The molecule has 2 aromatic rings. The lowest BCUT2D eigenvalue weighted by atomic mass is 10.1. The van der Waals surface area contributed by atoms with Crippen LogP contribution in [0.4, 0.5) is 13.2 Å². The molecule has 2 aromatic heterocycles. The maximum Gasteiger partial charge on any atom is 0.417 e. The number of nitrogens with one attached hydrogen (secondary N) is 1. The van der Waals surface area contributed by atoms with Crippen LogP contribution in [0, 0.1) is 4.77 Å². The Bertz CT molecular complexity index is 833. The summed E-state index contributed by atoms with van der Waals surface area (Å²) in [5, 5.41) is -0.430. The molecule has 3 rings (SSSR count). The number of nitrogens with zero attached hydrogens (tertiary/aromatic N) is 2. The van der Waals surface area contributed by atoms with Crippen molar-refractivity contribution in [3.63, 3.8) is 0 Å². The van der Waals surface area contributed by atoms with Crippen LogP contribution in [0.25, 0.3) is 11.0 Å². The molecular formula is C13H12F3N3OS. The lowest BCUT2D eigenvalue weighted by Crippen LogP contribution is -2.20. The summed E-state index contributed by atoms with van der Waals surface area (Å²) in [7, 11) is 0. The number of aromatic amines is 1. The normalized spacial score (nSPS) is 15.6. The molecule has 0 saturated heterocycles. The van der Waals surface area contributed by atoms with Gasteiger partial charge in [0.15, 0.2) is 4.77 Å². The maximum atomic E-state index is 13.2. The van der Waals surface area contributed by atoms with E-state index in [9.17, 15) is 18.0 Å². The summed E-state index contributed by atoms with van der Waals surface area (Å²) in [4.78, 5) is 18.5. The molecule has 4 nitrogen and oxygen atoms in total. The Morgan fingerprint density at radius 2 is 2.14 bits per heavy atom. The third-order valence-corrected chi connectivity index (χ3v) is 3.83. The molecular weight excluding hydrogens is 303 g/mol. The summed E-state index contributed by atoms with van der Waals surface area (Å²) < 4.78 is 41.4. The van der Waals surface area contributed by atoms with Crippen molar-refractivity contribution in [3.05, 3.63) is 32.4 Å². The van der Waals surface area contributed by atoms with Crippen LogP contribution in [0.5, 0.6) is 0 Å². The first-order valence-corrected chi connectivity index (χ1v) is 6.99. The number of pyridine rings is 1. The van der Waals surface area contributed by atoms with E-state index in [-0.39, 0.29) is 16.5 Å². The van der Waals surface area contributed by atoms with Crippen LogP contribution in [0.1, 0.15) is 37.1 Å². The zero-order valence-electron chi connectivity index (χ0n) is 11.1. The van der Waals surface area contributed by atoms with Gasteiger partial charge in [-0.2, -0.15) is 13.2 Å². The van der Waals surface area contributed by atoms with E-state index in [1.54, 1.807) is 11.5 Å². The fourth-order valence-electron chi connectivity index (χ4n) is 2.37. The van der Waals surface area contributed by atoms with E-state index >= 15 is 0 Å². The molecule has 1 aliphatic rings. The van der Waals surface area contributed by atoms with Crippen LogP contribution in [-0.2, 0) is 12.6 Å². The van der Waals surface area contributed by atoms with Crippen LogP contribution < -0.4 is 5.56 Å². The molecule has 8 heteroatoms. The highest BCUT2D eigenvalue weighted by Gasteiger charge is 2.36. The minimum atomic E-state index is -4.61. The van der Waals surface area contributed by atoms with Gasteiger partial charge in [-0.25, -0.2) is 4.98 Å². The molecule has 0 bridgehead atoms. The van der Waals surface area contributed by atoms with Crippen molar-refractivity contribution in [2.75, 3.05) is 0 Å². The van der Waals surface area contributed by atoms with Gasteiger partial charge in [-0.15, -0.1) is 0 Å². The van der Waals surface area contributed by atoms with Crippen LogP contribution in [0.3, 0.4) is 0 Å². The molecule has 112 valence electrons. The van der Waals surface area contributed by atoms with Crippen LogP contribution >= 0.6 is 12.2 Å². The Balaban J connectivity index is 2.51. The zero-order valence-corrected chi connectivity index (χ0v) is 11.9.